The maximum absolute atomic E-state index is 10.6. The number of aromatic amines is 1. The molecule has 1 saturated carbocycles. The molecule has 1 aliphatic carbocycles. The second kappa shape index (κ2) is 4.84. The van der Waals surface area contributed by atoms with Crippen molar-refractivity contribution in [2.24, 2.45) is 11.8 Å². The molecule has 0 spiro atoms. The van der Waals surface area contributed by atoms with Crippen molar-refractivity contribution in [1.82, 2.24) is 9.88 Å². The molecule has 4 heterocycles. The van der Waals surface area contributed by atoms with Gasteiger partial charge in [-0.3, -0.25) is 4.90 Å². The van der Waals surface area contributed by atoms with Crippen LogP contribution in [0.25, 0.3) is 10.9 Å². The van der Waals surface area contributed by atoms with Gasteiger partial charge in [-0.15, -0.1) is 0 Å². The Morgan fingerprint density at radius 3 is 3.04 bits per heavy atom. The summed E-state index contributed by atoms with van der Waals surface area (Å²) in [6.07, 6.45) is 4.85. The molecule has 3 aliphatic heterocycles. The van der Waals surface area contributed by atoms with Crippen LogP contribution in [0, 0.1) is 11.8 Å². The zero-order chi connectivity index (χ0) is 15.6. The van der Waals surface area contributed by atoms with Crippen LogP contribution < -0.4 is 0 Å². The van der Waals surface area contributed by atoms with E-state index in [0.29, 0.717) is 6.04 Å². The number of aromatic nitrogens is 1. The minimum Gasteiger partial charge on any atom is -0.395 e. The zero-order valence-electron chi connectivity index (χ0n) is 13.9. The highest BCUT2D eigenvalue weighted by Gasteiger charge is 2.57. The Morgan fingerprint density at radius 1 is 1.35 bits per heavy atom. The summed E-state index contributed by atoms with van der Waals surface area (Å²) >= 11 is 0. The first kappa shape index (κ1) is 14.1. The van der Waals surface area contributed by atoms with Gasteiger partial charge in [0, 0.05) is 41.1 Å². The molecule has 0 amide bonds. The number of aliphatic hydroxyl groups excluding tert-OH is 1. The van der Waals surface area contributed by atoms with Gasteiger partial charge < -0.3 is 10.1 Å². The summed E-state index contributed by atoms with van der Waals surface area (Å²) in [6, 6.07) is 9.19. The average Bonchev–Trinajstić information content (AvgIpc) is 2.94. The summed E-state index contributed by atoms with van der Waals surface area (Å²) in [5.74, 6) is 1.47. The SMILES string of the molecule is CC[C@H]1C[C@@H]2CN3CCc4c([nH]c5ccccc45)[C@@](CO)(C2)[C@@H]13. The van der Waals surface area contributed by atoms with Crippen LogP contribution in [0.15, 0.2) is 24.3 Å². The molecule has 3 heteroatoms. The van der Waals surface area contributed by atoms with Gasteiger partial charge in [0.15, 0.2) is 0 Å². The van der Waals surface area contributed by atoms with E-state index in [1.165, 1.54) is 41.5 Å². The molecular weight excluding hydrogens is 284 g/mol. The van der Waals surface area contributed by atoms with Gasteiger partial charge in [0.25, 0.3) is 0 Å². The standard InChI is InChI=1S/C20H26N2O/c1-2-14-9-13-10-20(12-23)18-16(7-8-22(11-13)19(14)20)15-5-3-4-6-17(15)21-18/h3-6,13-14,19,21,23H,2,7-12H2,1H3/t13-,14-,19+,20-/m0/s1. The maximum atomic E-state index is 10.6. The van der Waals surface area contributed by atoms with E-state index in [1.807, 2.05) is 0 Å². The van der Waals surface area contributed by atoms with Crippen molar-refractivity contribution in [2.45, 2.75) is 44.1 Å². The van der Waals surface area contributed by atoms with Gasteiger partial charge >= 0.3 is 0 Å². The Hall–Kier alpha value is -1.32. The van der Waals surface area contributed by atoms with E-state index in [2.05, 4.69) is 41.1 Å². The number of piperidine rings is 2. The van der Waals surface area contributed by atoms with Crippen molar-refractivity contribution in [2.75, 3.05) is 19.7 Å². The molecule has 2 aromatic rings. The Bertz CT molecular complexity index is 751. The lowest BCUT2D eigenvalue weighted by Gasteiger charge is -2.59. The van der Waals surface area contributed by atoms with Crippen LogP contribution in [0.2, 0.25) is 0 Å². The number of fused-ring (bicyclic) bond motifs is 4. The maximum Gasteiger partial charge on any atom is 0.0557 e. The first-order valence-electron chi connectivity index (χ1n) is 9.22. The van der Waals surface area contributed by atoms with Crippen molar-refractivity contribution in [3.63, 3.8) is 0 Å². The predicted octanol–water partition coefficient (Wildman–Crippen LogP) is 3.07. The van der Waals surface area contributed by atoms with E-state index in [-0.39, 0.29) is 12.0 Å². The number of aliphatic hydroxyl groups is 1. The van der Waals surface area contributed by atoms with Crippen LogP contribution in [0.4, 0.5) is 0 Å². The van der Waals surface area contributed by atoms with Gasteiger partial charge in [0.1, 0.15) is 0 Å². The van der Waals surface area contributed by atoms with Crippen LogP contribution >= 0.6 is 0 Å². The van der Waals surface area contributed by atoms with E-state index in [1.54, 1.807) is 0 Å². The van der Waals surface area contributed by atoms with Gasteiger partial charge in [-0.25, -0.2) is 0 Å². The number of para-hydroxylation sites is 1. The van der Waals surface area contributed by atoms with Crippen LogP contribution in [0.3, 0.4) is 0 Å². The smallest absolute Gasteiger partial charge is 0.0557 e. The monoisotopic (exact) mass is 310 g/mol. The number of rotatable bonds is 2. The number of hydrogen-bond acceptors (Lipinski definition) is 2. The van der Waals surface area contributed by atoms with Gasteiger partial charge in [-0.05, 0) is 42.7 Å². The number of hydrogen-bond donors (Lipinski definition) is 2. The molecule has 5 atom stereocenters. The van der Waals surface area contributed by atoms with Crippen molar-refractivity contribution in [1.29, 1.82) is 0 Å². The molecule has 2 N–H and O–H groups in total. The number of nitrogens with zero attached hydrogens (tertiary/aromatic N) is 1. The molecule has 2 saturated heterocycles. The molecular formula is C20H26N2O. The van der Waals surface area contributed by atoms with Gasteiger partial charge in [-0.1, -0.05) is 31.5 Å². The Labute approximate surface area is 137 Å². The lowest BCUT2D eigenvalue weighted by atomic mass is 9.57. The minimum atomic E-state index is -0.0767. The van der Waals surface area contributed by atoms with E-state index in [9.17, 15) is 5.11 Å². The van der Waals surface area contributed by atoms with E-state index >= 15 is 0 Å². The van der Waals surface area contributed by atoms with Crippen LogP contribution in [-0.4, -0.2) is 40.7 Å². The summed E-state index contributed by atoms with van der Waals surface area (Å²) in [5, 5.41) is 11.9. The summed E-state index contributed by atoms with van der Waals surface area (Å²) in [6.45, 7) is 5.00. The summed E-state index contributed by atoms with van der Waals surface area (Å²) in [7, 11) is 0. The lowest BCUT2D eigenvalue weighted by Crippen LogP contribution is -2.65. The fourth-order valence-electron chi connectivity index (χ4n) is 6.21. The third-order valence-corrected chi connectivity index (χ3v) is 6.95. The summed E-state index contributed by atoms with van der Waals surface area (Å²) < 4.78 is 0. The van der Waals surface area contributed by atoms with Gasteiger partial charge in [-0.2, -0.15) is 0 Å². The molecule has 4 bridgehead atoms. The fraction of sp³-hybridized carbons (Fsp3) is 0.600. The Morgan fingerprint density at radius 2 is 2.22 bits per heavy atom. The van der Waals surface area contributed by atoms with Crippen molar-refractivity contribution in [3.8, 4) is 0 Å². The predicted molar refractivity (Wildman–Crippen MR) is 92.6 cm³/mol. The highest BCUT2D eigenvalue weighted by Crippen LogP contribution is 2.54. The van der Waals surface area contributed by atoms with Crippen molar-refractivity contribution >= 4 is 10.9 Å². The first-order chi connectivity index (χ1) is 11.3. The third-order valence-electron chi connectivity index (χ3n) is 6.95. The summed E-state index contributed by atoms with van der Waals surface area (Å²) in [4.78, 5) is 6.46. The molecule has 1 aromatic heterocycles. The fourth-order valence-corrected chi connectivity index (χ4v) is 6.21. The Kier molecular flexibility index (Phi) is 2.96. The number of nitrogens with one attached hydrogen (secondary N) is 1. The van der Waals surface area contributed by atoms with Gasteiger partial charge in [0.05, 0.1) is 6.61 Å². The molecule has 23 heavy (non-hydrogen) atoms. The lowest BCUT2D eigenvalue weighted by molar-refractivity contribution is -0.0775. The molecule has 3 fully saturated rings. The second-order valence-corrected chi connectivity index (χ2v) is 8.00. The van der Waals surface area contributed by atoms with Gasteiger partial charge in [0.2, 0.25) is 0 Å². The van der Waals surface area contributed by atoms with E-state index in [0.717, 1.165) is 31.2 Å². The molecule has 1 aromatic carbocycles. The van der Waals surface area contributed by atoms with E-state index in [4.69, 9.17) is 0 Å². The number of H-pyrrole nitrogens is 1. The highest BCUT2D eigenvalue weighted by atomic mass is 16.3. The summed E-state index contributed by atoms with van der Waals surface area (Å²) in [5.41, 5.74) is 4.00. The zero-order valence-corrected chi connectivity index (χ0v) is 13.9. The molecule has 6 rings (SSSR count). The van der Waals surface area contributed by atoms with E-state index < -0.39 is 0 Å². The molecule has 122 valence electrons. The topological polar surface area (TPSA) is 39.3 Å². The highest BCUT2D eigenvalue weighted by molar-refractivity contribution is 5.85. The average molecular weight is 310 g/mol. The Balaban J connectivity index is 1.77. The minimum absolute atomic E-state index is 0.0767. The third kappa shape index (κ3) is 1.72. The molecule has 1 unspecified atom stereocenters. The van der Waals surface area contributed by atoms with Crippen LogP contribution in [-0.2, 0) is 11.8 Å². The molecule has 0 radical (unpaired) electrons. The first-order valence-corrected chi connectivity index (χ1v) is 9.22. The molecule has 4 aliphatic rings. The van der Waals surface area contributed by atoms with Crippen LogP contribution in [0.5, 0.6) is 0 Å². The quantitative estimate of drug-likeness (QED) is 0.895. The van der Waals surface area contributed by atoms with Crippen molar-refractivity contribution in [3.05, 3.63) is 35.5 Å². The number of benzene rings is 1. The normalized spacial score (nSPS) is 38.5. The molecule has 3 nitrogen and oxygen atoms in total. The second-order valence-electron chi connectivity index (χ2n) is 8.00. The van der Waals surface area contributed by atoms with Crippen LogP contribution in [0.1, 0.15) is 37.4 Å². The van der Waals surface area contributed by atoms with Crippen molar-refractivity contribution < 1.29 is 5.11 Å². The largest absolute Gasteiger partial charge is 0.395 e.